The molecule has 2 rings (SSSR count). The monoisotopic (exact) mass is 320 g/mol. The Balaban J connectivity index is 2.07. The Bertz CT molecular complexity index is 590. The van der Waals surface area contributed by atoms with Crippen LogP contribution in [0.4, 0.5) is 0 Å². The zero-order chi connectivity index (χ0) is 13.8. The molecule has 1 heterocycles. The van der Waals surface area contributed by atoms with E-state index in [2.05, 4.69) is 21.2 Å². The van der Waals surface area contributed by atoms with Crippen molar-refractivity contribution in [3.63, 3.8) is 0 Å². The van der Waals surface area contributed by atoms with Crippen LogP contribution in [0.3, 0.4) is 0 Å². The molecule has 0 bridgehead atoms. The second kappa shape index (κ2) is 6.06. The molecule has 1 amide bonds. The van der Waals surface area contributed by atoms with Crippen LogP contribution in [0.2, 0.25) is 0 Å². The smallest absolute Gasteiger partial charge is 0.268 e. The van der Waals surface area contributed by atoms with Crippen molar-refractivity contribution in [3.8, 4) is 0 Å². The molecular formula is C15H17BrN2O. The summed E-state index contributed by atoms with van der Waals surface area (Å²) in [7, 11) is 0. The van der Waals surface area contributed by atoms with E-state index in [0.717, 1.165) is 16.6 Å². The summed E-state index contributed by atoms with van der Waals surface area (Å²) in [6.45, 7) is 5.40. The van der Waals surface area contributed by atoms with Gasteiger partial charge in [-0.15, -0.1) is 0 Å². The molecule has 4 heteroatoms. The van der Waals surface area contributed by atoms with Gasteiger partial charge in [-0.2, -0.15) is 0 Å². The molecule has 1 aromatic carbocycles. The molecule has 0 aliphatic heterocycles. The molecule has 0 unspecified atom stereocenters. The quantitative estimate of drug-likeness (QED) is 0.919. The van der Waals surface area contributed by atoms with Gasteiger partial charge in [-0.05, 0) is 47.0 Å². The van der Waals surface area contributed by atoms with Crippen LogP contribution in [-0.4, -0.2) is 10.5 Å². The molecular weight excluding hydrogens is 304 g/mol. The number of nitrogens with zero attached hydrogens (tertiary/aromatic N) is 1. The second-order valence-corrected chi connectivity index (χ2v) is 5.35. The summed E-state index contributed by atoms with van der Waals surface area (Å²) in [5, 5.41) is 2.96. The number of aromatic nitrogens is 1. The molecule has 0 saturated heterocycles. The van der Waals surface area contributed by atoms with E-state index in [4.69, 9.17) is 0 Å². The largest absolute Gasteiger partial charge is 0.347 e. The fourth-order valence-corrected chi connectivity index (χ4v) is 2.47. The van der Waals surface area contributed by atoms with Gasteiger partial charge in [0.2, 0.25) is 0 Å². The number of nitrogens with one attached hydrogen (secondary N) is 1. The van der Waals surface area contributed by atoms with Gasteiger partial charge < -0.3 is 9.88 Å². The lowest BCUT2D eigenvalue weighted by atomic mass is 10.1. The van der Waals surface area contributed by atoms with Gasteiger partial charge >= 0.3 is 0 Å². The first-order valence-electron chi connectivity index (χ1n) is 6.30. The van der Waals surface area contributed by atoms with Crippen LogP contribution in [0.5, 0.6) is 0 Å². The number of aryl methyl sites for hydroxylation is 2. The molecule has 1 N–H and O–H groups in total. The summed E-state index contributed by atoms with van der Waals surface area (Å²) in [4.78, 5) is 12.2. The third kappa shape index (κ3) is 3.26. The van der Waals surface area contributed by atoms with Crippen molar-refractivity contribution in [1.29, 1.82) is 0 Å². The molecule has 3 nitrogen and oxygen atoms in total. The van der Waals surface area contributed by atoms with E-state index in [1.165, 1.54) is 5.56 Å². The molecule has 0 aliphatic carbocycles. The van der Waals surface area contributed by atoms with Crippen molar-refractivity contribution >= 4 is 21.8 Å². The first kappa shape index (κ1) is 13.9. The van der Waals surface area contributed by atoms with Gasteiger partial charge in [0, 0.05) is 23.8 Å². The SMILES string of the molecule is CCn1cc(Br)cc1C(=O)NCc1ccccc1C. The van der Waals surface area contributed by atoms with E-state index in [-0.39, 0.29) is 5.91 Å². The highest BCUT2D eigenvalue weighted by atomic mass is 79.9. The number of benzene rings is 1. The number of rotatable bonds is 4. The van der Waals surface area contributed by atoms with Crippen LogP contribution in [0.15, 0.2) is 41.0 Å². The molecule has 0 fully saturated rings. The molecule has 2 aromatic rings. The Morgan fingerprint density at radius 3 is 2.79 bits per heavy atom. The van der Waals surface area contributed by atoms with Crippen molar-refractivity contribution in [2.24, 2.45) is 0 Å². The van der Waals surface area contributed by atoms with E-state index in [9.17, 15) is 4.79 Å². The minimum atomic E-state index is -0.0456. The Hall–Kier alpha value is -1.55. The molecule has 0 atom stereocenters. The molecule has 19 heavy (non-hydrogen) atoms. The molecule has 0 radical (unpaired) electrons. The maximum Gasteiger partial charge on any atom is 0.268 e. The van der Waals surface area contributed by atoms with Gasteiger partial charge in [0.1, 0.15) is 5.69 Å². The minimum Gasteiger partial charge on any atom is -0.347 e. The first-order chi connectivity index (χ1) is 9.11. The van der Waals surface area contributed by atoms with Crippen molar-refractivity contribution < 1.29 is 4.79 Å². The second-order valence-electron chi connectivity index (χ2n) is 4.44. The topological polar surface area (TPSA) is 34.0 Å². The summed E-state index contributed by atoms with van der Waals surface area (Å²) < 4.78 is 2.85. The zero-order valence-corrected chi connectivity index (χ0v) is 12.7. The maximum absolute atomic E-state index is 12.2. The van der Waals surface area contributed by atoms with Gasteiger partial charge in [0.25, 0.3) is 5.91 Å². The van der Waals surface area contributed by atoms with Gasteiger partial charge in [-0.25, -0.2) is 0 Å². The molecule has 0 aliphatic rings. The summed E-state index contributed by atoms with van der Waals surface area (Å²) in [6.07, 6.45) is 1.92. The molecule has 100 valence electrons. The van der Waals surface area contributed by atoms with E-state index >= 15 is 0 Å². The van der Waals surface area contributed by atoms with E-state index in [1.807, 2.05) is 54.9 Å². The van der Waals surface area contributed by atoms with Crippen molar-refractivity contribution in [3.05, 3.63) is 57.8 Å². The van der Waals surface area contributed by atoms with E-state index in [0.29, 0.717) is 12.2 Å². The number of carbonyl (C=O) groups excluding carboxylic acids is 1. The molecule has 1 aromatic heterocycles. The van der Waals surface area contributed by atoms with Crippen LogP contribution in [0.1, 0.15) is 28.5 Å². The predicted octanol–water partition coefficient (Wildman–Crippen LogP) is 3.51. The van der Waals surface area contributed by atoms with Crippen LogP contribution in [0.25, 0.3) is 0 Å². The van der Waals surface area contributed by atoms with Gasteiger partial charge in [-0.1, -0.05) is 24.3 Å². The van der Waals surface area contributed by atoms with Crippen LogP contribution >= 0.6 is 15.9 Å². The van der Waals surface area contributed by atoms with Crippen molar-refractivity contribution in [2.45, 2.75) is 26.9 Å². The first-order valence-corrected chi connectivity index (χ1v) is 7.09. The Morgan fingerprint density at radius 1 is 1.37 bits per heavy atom. The highest BCUT2D eigenvalue weighted by Crippen LogP contribution is 2.15. The number of carbonyl (C=O) groups is 1. The number of hydrogen-bond donors (Lipinski definition) is 1. The summed E-state index contributed by atoms with van der Waals surface area (Å²) in [6, 6.07) is 9.91. The average Bonchev–Trinajstić information content (AvgIpc) is 2.79. The van der Waals surface area contributed by atoms with E-state index in [1.54, 1.807) is 0 Å². The zero-order valence-electron chi connectivity index (χ0n) is 11.1. The summed E-state index contributed by atoms with van der Waals surface area (Å²) in [5.74, 6) is -0.0456. The molecule has 0 saturated carbocycles. The lowest BCUT2D eigenvalue weighted by Crippen LogP contribution is -2.25. The van der Waals surface area contributed by atoms with Gasteiger partial charge in [0.15, 0.2) is 0 Å². The highest BCUT2D eigenvalue weighted by molar-refractivity contribution is 9.10. The average molecular weight is 321 g/mol. The number of hydrogen-bond acceptors (Lipinski definition) is 1. The summed E-state index contributed by atoms with van der Waals surface area (Å²) in [5.41, 5.74) is 3.02. The fourth-order valence-electron chi connectivity index (χ4n) is 2.00. The number of halogens is 1. The standard InChI is InChI=1S/C15H17BrN2O/c1-3-18-10-13(16)8-14(18)15(19)17-9-12-7-5-4-6-11(12)2/h4-8,10H,3,9H2,1-2H3,(H,17,19). The highest BCUT2D eigenvalue weighted by Gasteiger charge is 2.12. The van der Waals surface area contributed by atoms with Crippen molar-refractivity contribution in [1.82, 2.24) is 9.88 Å². The Kier molecular flexibility index (Phi) is 4.43. The normalized spacial score (nSPS) is 10.5. The lowest BCUT2D eigenvalue weighted by molar-refractivity contribution is 0.0941. The predicted molar refractivity (Wildman–Crippen MR) is 80.2 cm³/mol. The van der Waals surface area contributed by atoms with E-state index < -0.39 is 0 Å². The van der Waals surface area contributed by atoms with Gasteiger partial charge in [0.05, 0.1) is 0 Å². The minimum absolute atomic E-state index is 0.0456. The maximum atomic E-state index is 12.2. The van der Waals surface area contributed by atoms with Crippen LogP contribution < -0.4 is 5.32 Å². The Labute approximate surface area is 121 Å². The van der Waals surface area contributed by atoms with Crippen LogP contribution in [-0.2, 0) is 13.1 Å². The Morgan fingerprint density at radius 2 is 2.11 bits per heavy atom. The molecule has 0 spiro atoms. The third-order valence-corrected chi connectivity index (χ3v) is 3.57. The van der Waals surface area contributed by atoms with Crippen molar-refractivity contribution in [2.75, 3.05) is 0 Å². The number of amides is 1. The summed E-state index contributed by atoms with van der Waals surface area (Å²) >= 11 is 3.40. The lowest BCUT2D eigenvalue weighted by Gasteiger charge is -2.09. The third-order valence-electron chi connectivity index (χ3n) is 3.14. The fraction of sp³-hybridized carbons (Fsp3) is 0.267. The van der Waals surface area contributed by atoms with Gasteiger partial charge in [-0.3, -0.25) is 4.79 Å². The van der Waals surface area contributed by atoms with Crippen LogP contribution in [0, 0.1) is 6.92 Å².